The van der Waals surface area contributed by atoms with Gasteiger partial charge in [-0.3, -0.25) is 4.79 Å². The number of nitrogens with one attached hydrogen (secondary N) is 1. The van der Waals surface area contributed by atoms with Crippen LogP contribution in [-0.4, -0.2) is 29.0 Å². The molecule has 1 aliphatic heterocycles. The average Bonchev–Trinajstić information content (AvgIpc) is 2.61. The average molecular weight is 332 g/mol. The minimum Gasteiger partial charge on any atom is -0.346 e. The van der Waals surface area contributed by atoms with Crippen LogP contribution < -0.4 is 10.2 Å². The van der Waals surface area contributed by atoms with E-state index in [2.05, 4.69) is 20.2 Å². The van der Waals surface area contributed by atoms with Gasteiger partial charge in [-0.15, -0.1) is 0 Å². The van der Waals surface area contributed by atoms with Gasteiger partial charge in [-0.25, -0.2) is 18.7 Å². The molecule has 0 spiro atoms. The number of hydrogen-bond acceptors (Lipinski definition) is 4. The van der Waals surface area contributed by atoms with Gasteiger partial charge in [0.25, 0.3) is 5.91 Å². The Balaban J connectivity index is 1.64. The third-order valence-electron chi connectivity index (χ3n) is 3.95. The van der Waals surface area contributed by atoms with Crippen LogP contribution in [0.4, 0.5) is 14.7 Å². The molecule has 2 aromatic rings. The molecule has 0 atom stereocenters. The van der Waals surface area contributed by atoms with E-state index < -0.39 is 17.5 Å². The van der Waals surface area contributed by atoms with Gasteiger partial charge in [-0.2, -0.15) is 0 Å². The fraction of sp³-hybridized carbons (Fsp3) is 0.353. The first-order chi connectivity index (χ1) is 11.6. The van der Waals surface area contributed by atoms with Crippen LogP contribution in [-0.2, 0) is 6.54 Å². The summed E-state index contributed by atoms with van der Waals surface area (Å²) in [5, 5.41) is 2.60. The fourth-order valence-electron chi connectivity index (χ4n) is 2.67. The van der Waals surface area contributed by atoms with E-state index in [4.69, 9.17) is 0 Å². The van der Waals surface area contributed by atoms with Crippen molar-refractivity contribution in [2.75, 3.05) is 18.0 Å². The lowest BCUT2D eigenvalue weighted by Gasteiger charge is -2.26. The van der Waals surface area contributed by atoms with E-state index in [1.807, 2.05) is 0 Å². The van der Waals surface area contributed by atoms with Crippen molar-refractivity contribution in [1.82, 2.24) is 15.3 Å². The summed E-state index contributed by atoms with van der Waals surface area (Å²) in [7, 11) is 0. The summed E-state index contributed by atoms with van der Waals surface area (Å²) in [6.07, 6.45) is 5.11. The van der Waals surface area contributed by atoms with Crippen LogP contribution in [0.5, 0.6) is 0 Å². The van der Waals surface area contributed by atoms with Gasteiger partial charge < -0.3 is 10.2 Å². The maximum atomic E-state index is 13.6. The highest BCUT2D eigenvalue weighted by Gasteiger charge is 2.15. The number of hydrogen-bond donors (Lipinski definition) is 1. The molecule has 1 N–H and O–H groups in total. The maximum Gasteiger partial charge on any atom is 0.254 e. The minimum absolute atomic E-state index is 0.152. The topological polar surface area (TPSA) is 58.1 Å². The summed E-state index contributed by atoms with van der Waals surface area (Å²) in [6.45, 7) is 2.01. The molecule has 1 aromatic carbocycles. The van der Waals surface area contributed by atoms with E-state index in [0.29, 0.717) is 17.7 Å². The van der Waals surface area contributed by atoms with Crippen LogP contribution in [0.15, 0.2) is 30.5 Å². The summed E-state index contributed by atoms with van der Waals surface area (Å²) < 4.78 is 26.5. The molecule has 0 unspecified atom stereocenters. The van der Waals surface area contributed by atoms with E-state index in [9.17, 15) is 13.6 Å². The highest BCUT2D eigenvalue weighted by atomic mass is 19.1. The Bertz CT molecular complexity index is 732. The highest BCUT2D eigenvalue weighted by Crippen LogP contribution is 2.15. The number of rotatable bonds is 4. The van der Waals surface area contributed by atoms with E-state index in [-0.39, 0.29) is 12.1 Å². The van der Waals surface area contributed by atoms with Gasteiger partial charge in [0.15, 0.2) is 0 Å². The third kappa shape index (κ3) is 3.84. The molecule has 0 saturated carbocycles. The molecule has 0 aliphatic carbocycles. The Labute approximate surface area is 138 Å². The van der Waals surface area contributed by atoms with Crippen molar-refractivity contribution in [3.05, 3.63) is 53.4 Å². The van der Waals surface area contributed by atoms with Gasteiger partial charge in [0, 0.05) is 25.4 Å². The van der Waals surface area contributed by atoms with E-state index in [1.54, 1.807) is 12.3 Å². The van der Waals surface area contributed by atoms with Crippen molar-refractivity contribution < 1.29 is 13.6 Å². The molecular weight excluding hydrogens is 314 g/mol. The van der Waals surface area contributed by atoms with Crippen molar-refractivity contribution in [3.8, 4) is 0 Å². The largest absolute Gasteiger partial charge is 0.346 e. The lowest BCUT2D eigenvalue weighted by molar-refractivity contribution is 0.0946. The molecule has 126 valence electrons. The standard InChI is InChI=1S/C17H18F2N4O/c18-12-4-5-14(15(19)10-12)16(24)21-11-13-6-7-20-17(22-13)23-8-2-1-3-9-23/h4-7,10H,1-3,8-9,11H2,(H,21,24). The van der Waals surface area contributed by atoms with E-state index in [0.717, 1.165) is 38.1 Å². The van der Waals surface area contributed by atoms with Crippen LogP contribution >= 0.6 is 0 Å². The normalized spacial score (nSPS) is 14.5. The molecule has 1 aromatic heterocycles. The molecule has 5 nitrogen and oxygen atoms in total. The molecule has 1 aliphatic rings. The van der Waals surface area contributed by atoms with Crippen LogP contribution in [0.1, 0.15) is 35.3 Å². The smallest absolute Gasteiger partial charge is 0.254 e. The predicted octanol–water partition coefficient (Wildman–Crippen LogP) is 2.68. The second-order valence-electron chi connectivity index (χ2n) is 5.70. The number of amides is 1. The van der Waals surface area contributed by atoms with E-state index >= 15 is 0 Å². The number of carbonyl (C=O) groups is 1. The zero-order valence-corrected chi connectivity index (χ0v) is 13.1. The monoisotopic (exact) mass is 332 g/mol. The first-order valence-electron chi connectivity index (χ1n) is 7.93. The molecule has 1 amide bonds. The molecular formula is C17H18F2N4O. The number of nitrogens with zero attached hydrogens (tertiary/aromatic N) is 3. The number of halogens is 2. The molecule has 0 bridgehead atoms. The quantitative estimate of drug-likeness (QED) is 0.935. The number of benzene rings is 1. The lowest BCUT2D eigenvalue weighted by atomic mass is 10.1. The molecule has 2 heterocycles. The summed E-state index contributed by atoms with van der Waals surface area (Å²) >= 11 is 0. The highest BCUT2D eigenvalue weighted by molar-refractivity contribution is 5.94. The SMILES string of the molecule is O=C(NCc1ccnc(N2CCCCC2)n1)c1ccc(F)cc1F. The Morgan fingerprint density at radius 1 is 1.17 bits per heavy atom. The summed E-state index contributed by atoms with van der Waals surface area (Å²) in [5.74, 6) is -1.56. The molecule has 0 radical (unpaired) electrons. The van der Waals surface area contributed by atoms with Crippen molar-refractivity contribution in [1.29, 1.82) is 0 Å². The summed E-state index contributed by atoms with van der Waals surface area (Å²) in [6, 6.07) is 4.57. The molecule has 3 rings (SSSR count). The third-order valence-corrected chi connectivity index (χ3v) is 3.95. The minimum atomic E-state index is -0.885. The Morgan fingerprint density at radius 2 is 1.96 bits per heavy atom. The summed E-state index contributed by atoms with van der Waals surface area (Å²) in [5.41, 5.74) is 0.447. The van der Waals surface area contributed by atoms with Crippen molar-refractivity contribution in [3.63, 3.8) is 0 Å². The Kier molecular flexibility index (Phi) is 4.98. The molecule has 7 heteroatoms. The first-order valence-corrected chi connectivity index (χ1v) is 7.93. The summed E-state index contributed by atoms with van der Waals surface area (Å²) in [4.78, 5) is 22.8. The molecule has 1 fully saturated rings. The van der Waals surface area contributed by atoms with Crippen LogP contribution in [0.2, 0.25) is 0 Å². The zero-order chi connectivity index (χ0) is 16.9. The van der Waals surface area contributed by atoms with Gasteiger partial charge in [0.2, 0.25) is 5.95 Å². The lowest BCUT2D eigenvalue weighted by Crippen LogP contribution is -2.31. The second kappa shape index (κ2) is 7.33. The van der Waals surface area contributed by atoms with Crippen LogP contribution in [0.25, 0.3) is 0 Å². The van der Waals surface area contributed by atoms with Crippen molar-refractivity contribution >= 4 is 11.9 Å². The van der Waals surface area contributed by atoms with Gasteiger partial charge in [0.1, 0.15) is 11.6 Å². The fourth-order valence-corrected chi connectivity index (χ4v) is 2.67. The first kappa shape index (κ1) is 16.3. The predicted molar refractivity (Wildman–Crippen MR) is 85.6 cm³/mol. The Hall–Kier alpha value is -2.57. The number of anilines is 1. The van der Waals surface area contributed by atoms with Crippen LogP contribution in [0, 0.1) is 11.6 Å². The molecule has 24 heavy (non-hydrogen) atoms. The molecule has 1 saturated heterocycles. The number of aromatic nitrogens is 2. The van der Waals surface area contributed by atoms with Crippen molar-refractivity contribution in [2.45, 2.75) is 25.8 Å². The maximum absolute atomic E-state index is 13.6. The van der Waals surface area contributed by atoms with Gasteiger partial charge >= 0.3 is 0 Å². The van der Waals surface area contributed by atoms with Gasteiger partial charge in [-0.05, 0) is 37.5 Å². The van der Waals surface area contributed by atoms with E-state index in [1.165, 1.54) is 6.42 Å². The second-order valence-corrected chi connectivity index (χ2v) is 5.70. The Morgan fingerprint density at radius 3 is 2.71 bits per heavy atom. The number of piperidine rings is 1. The van der Waals surface area contributed by atoms with Gasteiger partial charge in [0.05, 0.1) is 17.8 Å². The van der Waals surface area contributed by atoms with Crippen LogP contribution in [0.3, 0.4) is 0 Å². The zero-order valence-electron chi connectivity index (χ0n) is 13.1. The number of carbonyl (C=O) groups excluding carboxylic acids is 1. The van der Waals surface area contributed by atoms with Crippen molar-refractivity contribution in [2.24, 2.45) is 0 Å². The van der Waals surface area contributed by atoms with Gasteiger partial charge in [-0.1, -0.05) is 0 Å².